The van der Waals surface area contributed by atoms with Crippen LogP contribution < -0.4 is 10.7 Å². The van der Waals surface area contributed by atoms with Crippen LogP contribution in [0.2, 0.25) is 0 Å². The van der Waals surface area contributed by atoms with Crippen molar-refractivity contribution in [2.45, 2.75) is 19.9 Å². The van der Waals surface area contributed by atoms with E-state index in [1.165, 1.54) is 10.8 Å². The maximum atomic E-state index is 14.1. The molecule has 3 rings (SSSR count). The van der Waals surface area contributed by atoms with Crippen molar-refractivity contribution >= 4 is 16.8 Å². The summed E-state index contributed by atoms with van der Waals surface area (Å²) in [4.78, 5) is 24.8. The van der Waals surface area contributed by atoms with Gasteiger partial charge in [-0.25, -0.2) is 13.2 Å². The fourth-order valence-corrected chi connectivity index (χ4v) is 2.95. The van der Waals surface area contributed by atoms with Gasteiger partial charge in [0.15, 0.2) is 17.5 Å². The van der Waals surface area contributed by atoms with Crippen molar-refractivity contribution in [1.82, 2.24) is 9.88 Å². The number of rotatable bonds is 4. The van der Waals surface area contributed by atoms with Crippen molar-refractivity contribution in [3.05, 3.63) is 45.5 Å². The van der Waals surface area contributed by atoms with Crippen molar-refractivity contribution < 1.29 is 22.7 Å². The molecule has 1 unspecified atom stereocenters. The summed E-state index contributed by atoms with van der Waals surface area (Å²) in [6.45, 7) is 3.32. The van der Waals surface area contributed by atoms with Gasteiger partial charge in [-0.2, -0.15) is 0 Å². The van der Waals surface area contributed by atoms with Crippen molar-refractivity contribution in [2.75, 3.05) is 19.8 Å². The Bertz CT molecular complexity index is 889. The number of halogens is 3. The lowest BCUT2D eigenvalue weighted by molar-refractivity contribution is 0.0943. The standard InChI is InChI=1S/C17H17F3N2O3/c1-2-22-7-11(17(24)21-6-9-3-4-25-8-9)16(23)10-5-12(18)13(19)14(20)15(10)22/h5,7,9H,2-4,6,8H2,1H3,(H,21,24). The van der Waals surface area contributed by atoms with Crippen molar-refractivity contribution in [1.29, 1.82) is 0 Å². The third kappa shape index (κ3) is 3.13. The van der Waals surface area contributed by atoms with E-state index in [0.717, 1.165) is 6.42 Å². The van der Waals surface area contributed by atoms with E-state index in [2.05, 4.69) is 5.32 Å². The lowest BCUT2D eigenvalue weighted by atomic mass is 10.1. The molecule has 1 amide bonds. The number of fused-ring (bicyclic) bond motifs is 1. The lowest BCUT2D eigenvalue weighted by Gasteiger charge is -2.14. The van der Waals surface area contributed by atoms with Crippen LogP contribution in [0.4, 0.5) is 13.2 Å². The van der Waals surface area contributed by atoms with E-state index in [4.69, 9.17) is 4.74 Å². The van der Waals surface area contributed by atoms with Gasteiger partial charge in [-0.1, -0.05) is 0 Å². The first kappa shape index (κ1) is 17.5. The van der Waals surface area contributed by atoms with E-state index in [-0.39, 0.29) is 28.9 Å². The first-order valence-electron chi connectivity index (χ1n) is 8.00. The third-order valence-electron chi connectivity index (χ3n) is 4.36. The summed E-state index contributed by atoms with van der Waals surface area (Å²) in [5.41, 5.74) is -1.43. The molecule has 2 heterocycles. The number of nitrogens with one attached hydrogen (secondary N) is 1. The predicted molar refractivity (Wildman–Crippen MR) is 85.0 cm³/mol. The molecule has 25 heavy (non-hydrogen) atoms. The molecule has 1 saturated heterocycles. The second-order valence-electron chi connectivity index (χ2n) is 5.98. The highest BCUT2D eigenvalue weighted by atomic mass is 19.2. The third-order valence-corrected chi connectivity index (χ3v) is 4.36. The van der Waals surface area contributed by atoms with Gasteiger partial charge in [0.1, 0.15) is 5.56 Å². The molecular weight excluding hydrogens is 337 g/mol. The highest BCUT2D eigenvalue weighted by Crippen LogP contribution is 2.22. The van der Waals surface area contributed by atoms with Crippen LogP contribution >= 0.6 is 0 Å². The average molecular weight is 354 g/mol. The molecule has 1 N–H and O–H groups in total. The Morgan fingerprint density at radius 1 is 1.36 bits per heavy atom. The zero-order valence-corrected chi connectivity index (χ0v) is 13.6. The van der Waals surface area contributed by atoms with Gasteiger partial charge < -0.3 is 14.6 Å². The van der Waals surface area contributed by atoms with E-state index in [1.54, 1.807) is 6.92 Å². The van der Waals surface area contributed by atoms with Gasteiger partial charge in [0.2, 0.25) is 5.43 Å². The van der Waals surface area contributed by atoms with Crippen LogP contribution in [0.3, 0.4) is 0 Å². The molecule has 1 aromatic heterocycles. The van der Waals surface area contributed by atoms with Crippen molar-refractivity contribution in [2.24, 2.45) is 5.92 Å². The molecule has 0 spiro atoms. The van der Waals surface area contributed by atoms with E-state index in [0.29, 0.717) is 25.8 Å². The zero-order valence-electron chi connectivity index (χ0n) is 13.6. The van der Waals surface area contributed by atoms with Gasteiger partial charge in [-0.05, 0) is 19.4 Å². The van der Waals surface area contributed by atoms with Crippen LogP contribution in [0.25, 0.3) is 10.9 Å². The molecule has 134 valence electrons. The van der Waals surface area contributed by atoms with Gasteiger partial charge in [0.25, 0.3) is 5.91 Å². The molecule has 2 aromatic rings. The summed E-state index contributed by atoms with van der Waals surface area (Å²) in [6.07, 6.45) is 1.98. The van der Waals surface area contributed by atoms with Gasteiger partial charge in [-0.3, -0.25) is 9.59 Å². The number of amides is 1. The second kappa shape index (κ2) is 6.87. The lowest BCUT2D eigenvalue weighted by Crippen LogP contribution is -2.33. The largest absolute Gasteiger partial charge is 0.381 e. The second-order valence-corrected chi connectivity index (χ2v) is 5.98. The number of aryl methyl sites for hydroxylation is 1. The minimum absolute atomic E-state index is 0.168. The number of hydrogen-bond acceptors (Lipinski definition) is 3. The van der Waals surface area contributed by atoms with Crippen LogP contribution in [0, 0.1) is 23.4 Å². The van der Waals surface area contributed by atoms with E-state index >= 15 is 0 Å². The summed E-state index contributed by atoms with van der Waals surface area (Å²) in [7, 11) is 0. The molecule has 8 heteroatoms. The molecule has 0 saturated carbocycles. The Morgan fingerprint density at radius 2 is 2.12 bits per heavy atom. The van der Waals surface area contributed by atoms with Crippen molar-refractivity contribution in [3.8, 4) is 0 Å². The Labute approximate surface area is 141 Å². The first-order chi connectivity index (χ1) is 11.9. The SMILES string of the molecule is CCn1cc(C(=O)NCC2CCOC2)c(=O)c2cc(F)c(F)c(F)c21. The van der Waals surface area contributed by atoms with Crippen LogP contribution in [0.1, 0.15) is 23.7 Å². The fraction of sp³-hybridized carbons (Fsp3) is 0.412. The number of nitrogens with zero attached hydrogens (tertiary/aromatic N) is 1. The highest BCUT2D eigenvalue weighted by molar-refractivity contribution is 5.97. The van der Waals surface area contributed by atoms with Gasteiger partial charge in [0.05, 0.1) is 17.5 Å². The summed E-state index contributed by atoms with van der Waals surface area (Å²) in [6, 6.07) is 0.629. The van der Waals surface area contributed by atoms with Gasteiger partial charge in [-0.15, -0.1) is 0 Å². The quantitative estimate of drug-likeness (QED) is 0.857. The van der Waals surface area contributed by atoms with Crippen LogP contribution in [-0.4, -0.2) is 30.2 Å². The Balaban J connectivity index is 2.04. The molecule has 5 nitrogen and oxygen atoms in total. The molecule has 1 aliphatic heterocycles. The molecular formula is C17H17F3N2O3. The number of carbonyl (C=O) groups is 1. The maximum absolute atomic E-state index is 14.1. The minimum Gasteiger partial charge on any atom is -0.381 e. The molecule has 1 aromatic carbocycles. The molecule has 1 atom stereocenters. The Kier molecular flexibility index (Phi) is 4.80. The average Bonchev–Trinajstić information content (AvgIpc) is 3.12. The summed E-state index contributed by atoms with van der Waals surface area (Å²) < 4.78 is 47.6. The molecule has 1 fully saturated rings. The fourth-order valence-electron chi connectivity index (χ4n) is 2.95. The Hall–Kier alpha value is -2.35. The normalized spacial score (nSPS) is 17.2. The number of hydrogen-bond donors (Lipinski definition) is 1. The zero-order chi connectivity index (χ0) is 18.1. The molecule has 0 aliphatic carbocycles. The van der Waals surface area contributed by atoms with Gasteiger partial charge >= 0.3 is 0 Å². The molecule has 1 aliphatic rings. The summed E-state index contributed by atoms with van der Waals surface area (Å²) >= 11 is 0. The van der Waals surface area contributed by atoms with Crippen LogP contribution in [-0.2, 0) is 11.3 Å². The maximum Gasteiger partial charge on any atom is 0.256 e. The number of carbonyl (C=O) groups excluding carboxylic acids is 1. The smallest absolute Gasteiger partial charge is 0.256 e. The van der Waals surface area contributed by atoms with Crippen LogP contribution in [0.15, 0.2) is 17.1 Å². The topological polar surface area (TPSA) is 60.3 Å². The molecule has 0 bridgehead atoms. The summed E-state index contributed by atoms with van der Waals surface area (Å²) in [5, 5.41) is 2.28. The summed E-state index contributed by atoms with van der Waals surface area (Å²) in [5.74, 6) is -5.02. The minimum atomic E-state index is -1.65. The monoisotopic (exact) mass is 354 g/mol. The number of ether oxygens (including phenoxy) is 1. The van der Waals surface area contributed by atoms with E-state index in [9.17, 15) is 22.8 Å². The van der Waals surface area contributed by atoms with E-state index < -0.39 is 28.8 Å². The van der Waals surface area contributed by atoms with E-state index in [1.807, 2.05) is 0 Å². The predicted octanol–water partition coefficient (Wildman–Crippen LogP) is 2.21. The van der Waals surface area contributed by atoms with Gasteiger partial charge in [0, 0.05) is 31.8 Å². The Morgan fingerprint density at radius 3 is 2.76 bits per heavy atom. The number of benzene rings is 1. The van der Waals surface area contributed by atoms with Crippen molar-refractivity contribution in [3.63, 3.8) is 0 Å². The number of pyridine rings is 1. The molecule has 0 radical (unpaired) electrons. The van der Waals surface area contributed by atoms with Crippen LogP contribution in [0.5, 0.6) is 0 Å². The highest BCUT2D eigenvalue weighted by Gasteiger charge is 2.23. The first-order valence-corrected chi connectivity index (χ1v) is 8.00. The number of aromatic nitrogens is 1.